The number of nitrogen functional groups attached to an aromatic ring is 1. The minimum absolute atomic E-state index is 0.158. The number of ether oxygens (including phenoxy) is 1. The van der Waals surface area contributed by atoms with Crippen LogP contribution in [-0.4, -0.2) is 32.0 Å². The van der Waals surface area contributed by atoms with Gasteiger partial charge in [0.1, 0.15) is 11.6 Å². The highest BCUT2D eigenvalue weighted by molar-refractivity contribution is 7.98. The summed E-state index contributed by atoms with van der Waals surface area (Å²) in [5.74, 6) is 2.36. The van der Waals surface area contributed by atoms with E-state index < -0.39 is 0 Å². The van der Waals surface area contributed by atoms with Gasteiger partial charge in [-0.2, -0.15) is 15.0 Å². The number of hydrogen-bond acceptors (Lipinski definition) is 9. The number of benzene rings is 1. The summed E-state index contributed by atoms with van der Waals surface area (Å²) in [4.78, 5) is 20.9. The highest BCUT2D eigenvalue weighted by atomic mass is 32.2. The summed E-state index contributed by atoms with van der Waals surface area (Å²) >= 11 is 1.43. The Morgan fingerprint density at radius 2 is 1.83 bits per heavy atom. The predicted octanol–water partition coefficient (Wildman–Crippen LogP) is 2.29. The van der Waals surface area contributed by atoms with Crippen molar-refractivity contribution in [1.82, 2.24) is 24.9 Å². The number of nitrogens with two attached hydrogens (primary N) is 1. The third-order valence-electron chi connectivity index (χ3n) is 2.92. The fraction of sp³-hybridized carbons (Fsp3) is 0.133. The van der Waals surface area contributed by atoms with Crippen LogP contribution in [0, 0.1) is 0 Å². The second-order valence-corrected chi connectivity index (χ2v) is 5.55. The van der Waals surface area contributed by atoms with Crippen molar-refractivity contribution in [2.75, 3.05) is 18.2 Å². The van der Waals surface area contributed by atoms with Crippen molar-refractivity contribution < 1.29 is 4.74 Å². The van der Waals surface area contributed by atoms with Gasteiger partial charge in [0.25, 0.3) is 0 Å². The lowest BCUT2D eigenvalue weighted by Gasteiger charge is -2.08. The summed E-state index contributed by atoms with van der Waals surface area (Å²) in [5.41, 5.74) is 6.59. The number of nitrogens with zero attached hydrogens (tertiary/aromatic N) is 5. The Morgan fingerprint density at radius 3 is 2.54 bits per heavy atom. The van der Waals surface area contributed by atoms with Gasteiger partial charge in [0.2, 0.25) is 11.9 Å². The Morgan fingerprint density at radius 1 is 1.08 bits per heavy atom. The molecule has 0 bridgehead atoms. The Hall–Kier alpha value is -2.94. The van der Waals surface area contributed by atoms with E-state index in [2.05, 4.69) is 30.2 Å². The maximum atomic E-state index is 5.76. The predicted molar refractivity (Wildman–Crippen MR) is 92.1 cm³/mol. The van der Waals surface area contributed by atoms with Crippen LogP contribution in [0.3, 0.4) is 0 Å². The van der Waals surface area contributed by atoms with Crippen LogP contribution >= 0.6 is 11.8 Å². The van der Waals surface area contributed by atoms with Crippen molar-refractivity contribution in [2.24, 2.45) is 0 Å². The van der Waals surface area contributed by atoms with Gasteiger partial charge in [-0.05, 0) is 30.3 Å². The van der Waals surface area contributed by atoms with E-state index in [1.165, 1.54) is 11.8 Å². The molecule has 0 amide bonds. The number of thioether (sulfide) groups is 1. The van der Waals surface area contributed by atoms with Gasteiger partial charge in [0.05, 0.1) is 12.9 Å². The fourth-order valence-electron chi connectivity index (χ4n) is 1.85. The van der Waals surface area contributed by atoms with Crippen molar-refractivity contribution in [3.05, 3.63) is 48.5 Å². The largest absolute Gasteiger partial charge is 0.497 e. The summed E-state index contributed by atoms with van der Waals surface area (Å²) in [6.45, 7) is 0. The quantitative estimate of drug-likeness (QED) is 0.515. The van der Waals surface area contributed by atoms with E-state index in [0.717, 1.165) is 11.4 Å². The van der Waals surface area contributed by atoms with Crippen molar-refractivity contribution in [2.45, 2.75) is 10.9 Å². The van der Waals surface area contributed by atoms with Crippen LogP contribution in [0.2, 0.25) is 0 Å². The molecule has 2 aromatic heterocycles. The number of nitrogens with one attached hydrogen (secondary N) is 1. The molecule has 3 rings (SSSR count). The van der Waals surface area contributed by atoms with Crippen LogP contribution in [0.5, 0.6) is 5.75 Å². The number of hydrogen-bond donors (Lipinski definition) is 2. The molecule has 0 radical (unpaired) electrons. The molecule has 0 atom stereocenters. The molecular weight excluding hydrogens is 326 g/mol. The highest BCUT2D eigenvalue weighted by Crippen LogP contribution is 2.20. The van der Waals surface area contributed by atoms with Crippen LogP contribution in [0.15, 0.2) is 47.9 Å². The van der Waals surface area contributed by atoms with Crippen LogP contribution in [-0.2, 0) is 5.75 Å². The van der Waals surface area contributed by atoms with E-state index in [1.807, 2.05) is 24.3 Å². The molecule has 2 heterocycles. The van der Waals surface area contributed by atoms with Gasteiger partial charge in [-0.25, -0.2) is 9.97 Å². The molecule has 1 aromatic carbocycles. The van der Waals surface area contributed by atoms with Crippen LogP contribution < -0.4 is 15.8 Å². The Bertz CT molecular complexity index is 799. The van der Waals surface area contributed by atoms with Crippen LogP contribution in [0.1, 0.15) is 5.82 Å². The second kappa shape index (κ2) is 7.55. The van der Waals surface area contributed by atoms with Gasteiger partial charge >= 0.3 is 0 Å². The zero-order chi connectivity index (χ0) is 16.8. The SMILES string of the molecule is COc1ccc(Nc2nc(N)nc(CSc3ncccn3)n2)cc1. The third kappa shape index (κ3) is 4.29. The summed E-state index contributed by atoms with van der Waals surface area (Å²) in [5, 5.41) is 3.75. The average Bonchev–Trinajstić information content (AvgIpc) is 2.61. The second-order valence-electron chi connectivity index (χ2n) is 4.61. The molecule has 0 aliphatic heterocycles. The number of anilines is 3. The molecule has 9 heteroatoms. The number of rotatable bonds is 6. The van der Waals surface area contributed by atoms with Gasteiger partial charge in [0.15, 0.2) is 5.16 Å². The molecule has 0 spiro atoms. The molecule has 0 saturated heterocycles. The molecule has 0 aliphatic carbocycles. The van der Waals surface area contributed by atoms with Gasteiger partial charge in [-0.1, -0.05) is 11.8 Å². The molecule has 0 aliphatic rings. The van der Waals surface area contributed by atoms with Crippen molar-refractivity contribution in [3.63, 3.8) is 0 Å². The zero-order valence-corrected chi connectivity index (χ0v) is 13.7. The van der Waals surface area contributed by atoms with E-state index >= 15 is 0 Å². The number of methoxy groups -OCH3 is 1. The van der Waals surface area contributed by atoms with Crippen molar-refractivity contribution in [3.8, 4) is 5.75 Å². The maximum Gasteiger partial charge on any atom is 0.232 e. The van der Waals surface area contributed by atoms with Crippen molar-refractivity contribution in [1.29, 1.82) is 0 Å². The van der Waals surface area contributed by atoms with Gasteiger partial charge in [-0.3, -0.25) is 0 Å². The minimum Gasteiger partial charge on any atom is -0.497 e. The first-order valence-electron chi connectivity index (χ1n) is 7.04. The molecule has 0 unspecified atom stereocenters. The molecule has 0 saturated carbocycles. The monoisotopic (exact) mass is 341 g/mol. The standard InChI is InChI=1S/C15H15N7OS/c1-23-11-5-3-10(4-6-11)19-14-21-12(20-13(16)22-14)9-24-15-17-7-2-8-18-15/h2-8H,9H2,1H3,(H3,16,19,20,21,22). The first-order chi connectivity index (χ1) is 11.7. The smallest absolute Gasteiger partial charge is 0.232 e. The lowest BCUT2D eigenvalue weighted by atomic mass is 10.3. The molecule has 122 valence electrons. The Balaban J connectivity index is 1.70. The zero-order valence-electron chi connectivity index (χ0n) is 12.9. The van der Waals surface area contributed by atoms with Crippen molar-refractivity contribution >= 4 is 29.3 Å². The van der Waals surface area contributed by atoms with E-state index in [-0.39, 0.29) is 5.95 Å². The summed E-state index contributed by atoms with van der Waals surface area (Å²) in [6.07, 6.45) is 3.38. The van der Waals surface area contributed by atoms with Crippen LogP contribution in [0.4, 0.5) is 17.6 Å². The summed E-state index contributed by atoms with van der Waals surface area (Å²) < 4.78 is 5.13. The van der Waals surface area contributed by atoms with E-state index in [0.29, 0.717) is 22.7 Å². The molecular formula is C15H15N7OS. The Kier molecular flexibility index (Phi) is 5.02. The van der Waals surface area contributed by atoms with Gasteiger partial charge in [-0.15, -0.1) is 0 Å². The minimum atomic E-state index is 0.158. The summed E-state index contributed by atoms with van der Waals surface area (Å²) in [7, 11) is 1.62. The highest BCUT2D eigenvalue weighted by Gasteiger charge is 2.07. The third-order valence-corrected chi connectivity index (χ3v) is 3.79. The Labute approximate surface area is 143 Å². The van der Waals surface area contributed by atoms with Crippen LogP contribution in [0.25, 0.3) is 0 Å². The summed E-state index contributed by atoms with van der Waals surface area (Å²) in [6, 6.07) is 9.19. The lowest BCUT2D eigenvalue weighted by Crippen LogP contribution is -2.06. The van der Waals surface area contributed by atoms with E-state index in [4.69, 9.17) is 10.5 Å². The topological polar surface area (TPSA) is 112 Å². The fourth-order valence-corrected chi connectivity index (χ4v) is 2.51. The first kappa shape index (κ1) is 15.9. The molecule has 3 aromatic rings. The molecule has 8 nitrogen and oxygen atoms in total. The van der Waals surface area contributed by atoms with Gasteiger partial charge in [0, 0.05) is 18.1 Å². The first-order valence-corrected chi connectivity index (χ1v) is 8.03. The number of aromatic nitrogens is 5. The normalized spacial score (nSPS) is 10.4. The molecule has 3 N–H and O–H groups in total. The van der Waals surface area contributed by atoms with E-state index in [9.17, 15) is 0 Å². The molecule has 24 heavy (non-hydrogen) atoms. The van der Waals surface area contributed by atoms with Gasteiger partial charge < -0.3 is 15.8 Å². The average molecular weight is 341 g/mol. The van der Waals surface area contributed by atoms with E-state index in [1.54, 1.807) is 25.6 Å². The molecule has 0 fully saturated rings. The maximum absolute atomic E-state index is 5.76. The lowest BCUT2D eigenvalue weighted by molar-refractivity contribution is 0.415.